The quantitative estimate of drug-likeness (QED) is 0.763. The molecule has 7 heteroatoms. The predicted molar refractivity (Wildman–Crippen MR) is 95.6 cm³/mol. The summed E-state index contributed by atoms with van der Waals surface area (Å²) in [7, 11) is 0. The lowest BCUT2D eigenvalue weighted by Crippen LogP contribution is -2.47. The van der Waals surface area contributed by atoms with Crippen molar-refractivity contribution < 1.29 is 9.59 Å². The fourth-order valence-electron chi connectivity index (χ4n) is 2.79. The van der Waals surface area contributed by atoms with E-state index in [1.54, 1.807) is 12.1 Å². The van der Waals surface area contributed by atoms with E-state index >= 15 is 0 Å². The first-order chi connectivity index (χ1) is 10.5. The minimum Gasteiger partial charge on any atom is -0.398 e. The normalized spacial score (nSPS) is 18.2. The number of anilines is 1. The van der Waals surface area contributed by atoms with Crippen LogP contribution in [0.15, 0.2) is 22.7 Å². The van der Waals surface area contributed by atoms with Gasteiger partial charge in [-0.05, 0) is 43.9 Å². The minimum atomic E-state index is -0.0306. The summed E-state index contributed by atoms with van der Waals surface area (Å²) in [5.41, 5.74) is 6.96. The van der Waals surface area contributed by atoms with Crippen LogP contribution in [0.4, 0.5) is 5.69 Å². The van der Waals surface area contributed by atoms with Crippen molar-refractivity contribution in [3.05, 3.63) is 28.2 Å². The van der Waals surface area contributed by atoms with Crippen molar-refractivity contribution in [1.82, 2.24) is 10.2 Å². The Morgan fingerprint density at radius 2 is 1.83 bits per heavy atom. The molecule has 0 radical (unpaired) electrons. The monoisotopic (exact) mass is 401 g/mol. The number of rotatable bonds is 3. The van der Waals surface area contributed by atoms with Gasteiger partial charge in [0.05, 0.1) is 5.56 Å². The Morgan fingerprint density at radius 1 is 1.17 bits per heavy atom. The predicted octanol–water partition coefficient (Wildman–Crippen LogP) is 2.58. The second-order valence-corrected chi connectivity index (χ2v) is 7.00. The van der Waals surface area contributed by atoms with Gasteiger partial charge in [-0.3, -0.25) is 9.59 Å². The third-order valence-corrected chi connectivity index (χ3v) is 4.81. The second-order valence-electron chi connectivity index (χ2n) is 6.08. The first kappa shape index (κ1) is 18.1. The molecule has 3 N–H and O–H groups in total. The maximum Gasteiger partial charge on any atom is 0.255 e. The second kappa shape index (κ2) is 7.53. The highest BCUT2D eigenvalue weighted by Gasteiger charge is 2.32. The van der Waals surface area contributed by atoms with Crippen molar-refractivity contribution in [3.8, 4) is 0 Å². The van der Waals surface area contributed by atoms with Gasteiger partial charge in [-0.1, -0.05) is 15.9 Å². The molecule has 1 saturated carbocycles. The van der Waals surface area contributed by atoms with Crippen LogP contribution in [0.25, 0.3) is 0 Å². The van der Waals surface area contributed by atoms with Crippen molar-refractivity contribution in [2.75, 3.05) is 18.8 Å². The van der Waals surface area contributed by atoms with Gasteiger partial charge in [-0.25, -0.2) is 0 Å². The summed E-state index contributed by atoms with van der Waals surface area (Å²) in [5.74, 6) is 0.390. The van der Waals surface area contributed by atoms with Crippen molar-refractivity contribution in [2.24, 2.45) is 5.92 Å². The Hall–Kier alpha value is -1.27. The number of piperidine rings is 1. The number of nitrogens with two attached hydrogens (primary N) is 1. The zero-order valence-electron chi connectivity index (χ0n) is 12.8. The smallest absolute Gasteiger partial charge is 0.255 e. The number of carbonyl (C=O) groups excluding carboxylic acids is 2. The van der Waals surface area contributed by atoms with E-state index in [-0.39, 0.29) is 36.2 Å². The lowest BCUT2D eigenvalue weighted by molar-refractivity contribution is -0.123. The molecular formula is C16H21BrClN3O2. The number of likely N-dealkylation sites (tertiary alicyclic amines) is 1. The molecule has 5 nitrogen and oxygen atoms in total. The summed E-state index contributed by atoms with van der Waals surface area (Å²) in [6.45, 7) is 1.31. The van der Waals surface area contributed by atoms with Crippen LogP contribution < -0.4 is 11.1 Å². The van der Waals surface area contributed by atoms with Crippen LogP contribution in [0.5, 0.6) is 0 Å². The first-order valence-corrected chi connectivity index (χ1v) is 8.48. The summed E-state index contributed by atoms with van der Waals surface area (Å²) in [6.07, 6.45) is 3.65. The van der Waals surface area contributed by atoms with Crippen LogP contribution in [0, 0.1) is 5.92 Å². The molecule has 1 saturated heterocycles. The van der Waals surface area contributed by atoms with E-state index in [2.05, 4.69) is 21.2 Å². The molecule has 126 valence electrons. The summed E-state index contributed by atoms with van der Waals surface area (Å²) < 4.78 is 0.864. The molecule has 1 aromatic carbocycles. The minimum absolute atomic E-state index is 0. The number of benzene rings is 1. The molecular weight excluding hydrogens is 382 g/mol. The summed E-state index contributed by atoms with van der Waals surface area (Å²) in [6, 6.07) is 5.52. The van der Waals surface area contributed by atoms with Gasteiger partial charge in [0.25, 0.3) is 5.91 Å². The van der Waals surface area contributed by atoms with Crippen LogP contribution in [-0.2, 0) is 4.79 Å². The van der Waals surface area contributed by atoms with Crippen LogP contribution in [0.2, 0.25) is 0 Å². The molecule has 1 heterocycles. The number of amides is 2. The van der Waals surface area contributed by atoms with Crippen LogP contribution in [-0.4, -0.2) is 35.8 Å². The first-order valence-electron chi connectivity index (χ1n) is 7.69. The van der Waals surface area contributed by atoms with E-state index in [0.29, 0.717) is 24.3 Å². The van der Waals surface area contributed by atoms with Crippen molar-refractivity contribution in [3.63, 3.8) is 0 Å². The summed E-state index contributed by atoms with van der Waals surface area (Å²) >= 11 is 3.34. The van der Waals surface area contributed by atoms with Gasteiger partial charge in [0.1, 0.15) is 0 Å². The van der Waals surface area contributed by atoms with Gasteiger partial charge in [0.2, 0.25) is 5.91 Å². The van der Waals surface area contributed by atoms with E-state index in [9.17, 15) is 9.59 Å². The Balaban J connectivity index is 0.00000192. The Morgan fingerprint density at radius 3 is 2.39 bits per heavy atom. The zero-order valence-corrected chi connectivity index (χ0v) is 15.2. The van der Waals surface area contributed by atoms with E-state index in [1.807, 2.05) is 11.0 Å². The molecule has 1 aromatic rings. The zero-order chi connectivity index (χ0) is 15.7. The van der Waals surface area contributed by atoms with Crippen LogP contribution >= 0.6 is 28.3 Å². The Labute approximate surface area is 150 Å². The molecule has 0 aromatic heterocycles. The third-order valence-electron chi connectivity index (χ3n) is 4.32. The summed E-state index contributed by atoms with van der Waals surface area (Å²) in [5, 5.41) is 3.09. The average molecular weight is 403 g/mol. The molecule has 0 spiro atoms. The SMILES string of the molecule is Cl.Nc1cc(Br)ccc1C(=O)N1CCC(NC(=O)C2CC2)CC1. The molecule has 23 heavy (non-hydrogen) atoms. The number of hydrogen-bond acceptors (Lipinski definition) is 3. The lowest BCUT2D eigenvalue weighted by Gasteiger charge is -2.32. The topological polar surface area (TPSA) is 75.4 Å². The number of hydrogen-bond donors (Lipinski definition) is 2. The molecule has 2 aliphatic rings. The summed E-state index contributed by atoms with van der Waals surface area (Å²) in [4.78, 5) is 26.1. The highest BCUT2D eigenvalue weighted by Crippen LogP contribution is 2.29. The fourth-order valence-corrected chi connectivity index (χ4v) is 3.17. The van der Waals surface area contributed by atoms with E-state index in [0.717, 1.165) is 30.2 Å². The van der Waals surface area contributed by atoms with E-state index in [4.69, 9.17) is 5.73 Å². The molecule has 2 fully saturated rings. The van der Waals surface area contributed by atoms with Gasteiger partial charge >= 0.3 is 0 Å². The van der Waals surface area contributed by atoms with Gasteiger partial charge < -0.3 is 16.0 Å². The highest BCUT2D eigenvalue weighted by molar-refractivity contribution is 9.10. The third kappa shape index (κ3) is 4.38. The molecule has 0 unspecified atom stereocenters. The van der Waals surface area contributed by atoms with Crippen LogP contribution in [0.1, 0.15) is 36.0 Å². The molecule has 1 aliphatic carbocycles. The Bertz CT molecular complexity index is 599. The lowest BCUT2D eigenvalue weighted by atomic mass is 10.0. The number of nitrogens with one attached hydrogen (secondary N) is 1. The van der Waals surface area contributed by atoms with Crippen molar-refractivity contribution in [1.29, 1.82) is 0 Å². The molecule has 2 amide bonds. The van der Waals surface area contributed by atoms with Gasteiger partial charge in [-0.15, -0.1) is 12.4 Å². The highest BCUT2D eigenvalue weighted by atomic mass is 79.9. The van der Waals surface area contributed by atoms with Gasteiger partial charge in [0, 0.05) is 35.2 Å². The van der Waals surface area contributed by atoms with Crippen molar-refractivity contribution in [2.45, 2.75) is 31.7 Å². The fraction of sp³-hybridized carbons (Fsp3) is 0.500. The average Bonchev–Trinajstić information content (AvgIpc) is 3.32. The van der Waals surface area contributed by atoms with Crippen molar-refractivity contribution >= 4 is 45.8 Å². The number of carbonyl (C=O) groups is 2. The molecule has 3 rings (SSSR count). The number of halogens is 2. The Kier molecular flexibility index (Phi) is 5.92. The maximum absolute atomic E-state index is 12.5. The molecule has 0 atom stereocenters. The van der Waals surface area contributed by atoms with Crippen LogP contribution in [0.3, 0.4) is 0 Å². The van der Waals surface area contributed by atoms with Gasteiger partial charge in [-0.2, -0.15) is 0 Å². The standard InChI is InChI=1S/C16H20BrN3O2.ClH/c17-11-3-4-13(14(18)9-11)16(22)20-7-5-12(6-8-20)19-15(21)10-1-2-10;/h3-4,9-10,12H,1-2,5-8,18H2,(H,19,21);1H. The van der Waals surface area contributed by atoms with E-state index in [1.165, 1.54) is 0 Å². The molecule has 0 bridgehead atoms. The largest absolute Gasteiger partial charge is 0.398 e. The molecule has 1 aliphatic heterocycles. The van der Waals surface area contributed by atoms with E-state index < -0.39 is 0 Å². The maximum atomic E-state index is 12.5. The van der Waals surface area contributed by atoms with Gasteiger partial charge in [0.15, 0.2) is 0 Å². The number of nitrogen functional groups attached to an aromatic ring is 1. The number of nitrogens with zero attached hydrogens (tertiary/aromatic N) is 1.